The van der Waals surface area contributed by atoms with Crippen molar-refractivity contribution in [1.29, 1.82) is 0 Å². The van der Waals surface area contributed by atoms with Crippen LogP contribution in [0.4, 0.5) is 0 Å². The molecule has 2 heterocycles. The number of hydrogen-bond donors (Lipinski definition) is 1. The number of nitrogens with zero attached hydrogens (tertiary/aromatic N) is 1. The van der Waals surface area contributed by atoms with Crippen molar-refractivity contribution in [1.82, 2.24) is 10.2 Å². The fraction of sp³-hybridized carbons (Fsp3) is 0.750. The molecule has 3 rings (SSSR count). The summed E-state index contributed by atoms with van der Waals surface area (Å²) < 4.78 is 1.22. The maximum Gasteiger partial charge on any atom is 0.0338 e. The zero-order chi connectivity index (χ0) is 14.3. The van der Waals surface area contributed by atoms with Crippen molar-refractivity contribution in [2.45, 2.75) is 51.7 Å². The number of piperazine rings is 1. The second-order valence-corrected chi connectivity index (χ2v) is 8.89. The van der Waals surface area contributed by atoms with E-state index in [1.807, 2.05) is 11.3 Å². The third-order valence-electron chi connectivity index (χ3n) is 5.09. The van der Waals surface area contributed by atoms with Crippen LogP contribution in [0.2, 0.25) is 0 Å². The monoisotopic (exact) mass is 356 g/mol. The predicted octanol–water partition coefficient (Wildman–Crippen LogP) is 4.11. The maximum atomic E-state index is 3.80. The van der Waals surface area contributed by atoms with Gasteiger partial charge in [0.15, 0.2) is 0 Å². The quantitative estimate of drug-likeness (QED) is 0.873. The molecule has 0 amide bonds. The Hall–Kier alpha value is 0.1000. The molecule has 4 heteroatoms. The summed E-state index contributed by atoms with van der Waals surface area (Å²) in [6.07, 6.45) is 2.82. The largest absolute Gasteiger partial charge is 0.311 e. The summed E-state index contributed by atoms with van der Waals surface area (Å²) in [4.78, 5) is 4.23. The van der Waals surface area contributed by atoms with E-state index >= 15 is 0 Å². The highest BCUT2D eigenvalue weighted by atomic mass is 79.9. The summed E-state index contributed by atoms with van der Waals surface area (Å²) >= 11 is 5.46. The molecule has 1 saturated heterocycles. The van der Waals surface area contributed by atoms with Gasteiger partial charge in [0, 0.05) is 45.9 Å². The van der Waals surface area contributed by atoms with Gasteiger partial charge in [-0.1, -0.05) is 13.8 Å². The first-order valence-electron chi connectivity index (χ1n) is 7.70. The van der Waals surface area contributed by atoms with Crippen LogP contribution in [0.15, 0.2) is 15.9 Å². The summed E-state index contributed by atoms with van der Waals surface area (Å²) in [6.45, 7) is 10.6. The first kappa shape index (κ1) is 15.0. The highest BCUT2D eigenvalue weighted by Crippen LogP contribution is 2.45. The first-order valence-corrected chi connectivity index (χ1v) is 9.37. The molecule has 0 radical (unpaired) electrons. The fourth-order valence-electron chi connectivity index (χ4n) is 3.38. The van der Waals surface area contributed by atoms with Crippen LogP contribution in [0, 0.1) is 11.8 Å². The Labute approximate surface area is 135 Å². The molecular weight excluding hydrogens is 332 g/mol. The first-order chi connectivity index (χ1) is 9.49. The third-order valence-corrected chi connectivity index (χ3v) is 6.77. The van der Waals surface area contributed by atoms with Crippen molar-refractivity contribution in [2.75, 3.05) is 13.1 Å². The number of halogens is 1. The number of rotatable bonds is 4. The summed E-state index contributed by atoms with van der Waals surface area (Å²) in [5.41, 5.74) is 0.349. The zero-order valence-electron chi connectivity index (χ0n) is 12.7. The topological polar surface area (TPSA) is 15.3 Å². The van der Waals surface area contributed by atoms with E-state index in [0.29, 0.717) is 17.5 Å². The lowest BCUT2D eigenvalue weighted by Crippen LogP contribution is -2.65. The van der Waals surface area contributed by atoms with Crippen LogP contribution in [0.1, 0.15) is 38.5 Å². The van der Waals surface area contributed by atoms with Crippen LogP contribution in [-0.4, -0.2) is 29.6 Å². The van der Waals surface area contributed by atoms with Crippen molar-refractivity contribution < 1.29 is 0 Å². The van der Waals surface area contributed by atoms with Crippen molar-refractivity contribution in [3.05, 3.63) is 20.8 Å². The average molecular weight is 357 g/mol. The summed E-state index contributed by atoms with van der Waals surface area (Å²) in [5.74, 6) is 1.60. The Kier molecular flexibility index (Phi) is 4.29. The number of hydrogen-bond acceptors (Lipinski definition) is 3. The van der Waals surface area contributed by atoms with Crippen molar-refractivity contribution >= 4 is 27.3 Å². The number of nitrogens with one attached hydrogen (secondary N) is 1. The molecule has 20 heavy (non-hydrogen) atoms. The van der Waals surface area contributed by atoms with Crippen molar-refractivity contribution in [2.24, 2.45) is 11.8 Å². The average Bonchev–Trinajstić information content (AvgIpc) is 3.17. The van der Waals surface area contributed by atoms with Crippen molar-refractivity contribution in [3.63, 3.8) is 0 Å². The molecular formula is C16H25BrN2S. The van der Waals surface area contributed by atoms with Gasteiger partial charge in [0.2, 0.25) is 0 Å². The minimum Gasteiger partial charge on any atom is -0.311 e. The zero-order valence-corrected chi connectivity index (χ0v) is 15.1. The van der Waals surface area contributed by atoms with Gasteiger partial charge >= 0.3 is 0 Å². The molecule has 112 valence electrons. The van der Waals surface area contributed by atoms with Gasteiger partial charge in [0.05, 0.1) is 0 Å². The molecule has 2 unspecified atom stereocenters. The normalized spacial score (nSPS) is 31.9. The van der Waals surface area contributed by atoms with E-state index in [1.54, 1.807) is 0 Å². The maximum absolute atomic E-state index is 3.80. The summed E-state index contributed by atoms with van der Waals surface area (Å²) in [6, 6.07) is 2.91. The minimum absolute atomic E-state index is 0.349. The fourth-order valence-corrected chi connectivity index (χ4v) is 4.85. The van der Waals surface area contributed by atoms with Gasteiger partial charge in [-0.3, -0.25) is 4.90 Å². The molecule has 0 aromatic carbocycles. The molecule has 1 aliphatic heterocycles. The van der Waals surface area contributed by atoms with Gasteiger partial charge in [0.1, 0.15) is 0 Å². The van der Waals surface area contributed by atoms with Crippen LogP contribution in [-0.2, 0) is 6.54 Å². The van der Waals surface area contributed by atoms with Crippen LogP contribution in [0.25, 0.3) is 0 Å². The number of thiophene rings is 1. The molecule has 0 bridgehead atoms. The molecule has 1 aromatic heterocycles. The Morgan fingerprint density at radius 2 is 2.25 bits per heavy atom. The smallest absolute Gasteiger partial charge is 0.0338 e. The molecule has 1 N–H and O–H groups in total. The lowest BCUT2D eigenvalue weighted by atomic mass is 9.87. The second-order valence-electron chi connectivity index (χ2n) is 6.97. The van der Waals surface area contributed by atoms with Crippen LogP contribution in [0.3, 0.4) is 0 Å². The van der Waals surface area contributed by atoms with E-state index in [2.05, 4.69) is 58.4 Å². The van der Waals surface area contributed by atoms with Crippen LogP contribution >= 0.6 is 27.3 Å². The summed E-state index contributed by atoms with van der Waals surface area (Å²) in [7, 11) is 0. The van der Waals surface area contributed by atoms with E-state index in [1.165, 1.54) is 28.7 Å². The Morgan fingerprint density at radius 1 is 1.50 bits per heavy atom. The standard InChI is InChI=1S/C16H25BrN2S/c1-11(2)15-8-19(7-14-6-13(17)9-20-14)16(3,10-18-15)12-4-5-12/h6,9,11-12,15,18H,4-5,7-8,10H2,1-3H3. The molecule has 0 spiro atoms. The molecule has 2 aliphatic rings. The molecule has 1 saturated carbocycles. The molecule has 2 atom stereocenters. The lowest BCUT2D eigenvalue weighted by Gasteiger charge is -2.49. The predicted molar refractivity (Wildman–Crippen MR) is 90.2 cm³/mol. The lowest BCUT2D eigenvalue weighted by molar-refractivity contribution is 0.0194. The Bertz CT molecular complexity index is 469. The highest BCUT2D eigenvalue weighted by molar-refractivity contribution is 9.10. The Balaban J connectivity index is 1.77. The van der Waals surface area contributed by atoms with E-state index in [0.717, 1.165) is 19.0 Å². The minimum atomic E-state index is 0.349. The van der Waals surface area contributed by atoms with Crippen LogP contribution in [0.5, 0.6) is 0 Å². The van der Waals surface area contributed by atoms with Crippen LogP contribution < -0.4 is 5.32 Å². The molecule has 2 nitrogen and oxygen atoms in total. The van der Waals surface area contributed by atoms with Gasteiger partial charge in [0.25, 0.3) is 0 Å². The molecule has 2 fully saturated rings. The van der Waals surface area contributed by atoms with Crippen molar-refractivity contribution in [3.8, 4) is 0 Å². The highest BCUT2D eigenvalue weighted by Gasteiger charge is 2.48. The summed E-state index contributed by atoms with van der Waals surface area (Å²) in [5, 5.41) is 6.00. The third kappa shape index (κ3) is 2.99. The molecule has 1 aromatic rings. The van der Waals surface area contributed by atoms with E-state index < -0.39 is 0 Å². The Morgan fingerprint density at radius 3 is 2.80 bits per heavy atom. The van der Waals surface area contributed by atoms with E-state index in [9.17, 15) is 0 Å². The van der Waals surface area contributed by atoms with E-state index in [-0.39, 0.29) is 0 Å². The van der Waals surface area contributed by atoms with Gasteiger partial charge < -0.3 is 5.32 Å². The molecule has 1 aliphatic carbocycles. The van der Waals surface area contributed by atoms with Gasteiger partial charge in [-0.2, -0.15) is 0 Å². The SMILES string of the molecule is CC(C)C1CN(Cc2cc(Br)cs2)C(C)(C2CC2)CN1. The van der Waals surface area contributed by atoms with E-state index in [4.69, 9.17) is 0 Å². The van der Waals surface area contributed by atoms with Gasteiger partial charge in [-0.05, 0) is 53.6 Å². The van der Waals surface area contributed by atoms with Gasteiger partial charge in [-0.15, -0.1) is 11.3 Å². The van der Waals surface area contributed by atoms with Gasteiger partial charge in [-0.25, -0.2) is 0 Å². The second kappa shape index (κ2) is 5.71.